The fourth-order valence-corrected chi connectivity index (χ4v) is 9.14. The van der Waals surface area contributed by atoms with Gasteiger partial charge in [0.05, 0.1) is 60.0 Å². The molecular weight excluding hydrogens is 701 g/mol. The first-order valence-electron chi connectivity index (χ1n) is 15.0. The average Bonchev–Trinajstić information content (AvgIpc) is 3.83. The number of carbonyl (C=O) groups is 4. The quantitative estimate of drug-likeness (QED) is 0.145. The molecule has 0 saturated heterocycles. The summed E-state index contributed by atoms with van der Waals surface area (Å²) in [7, 11) is 0. The van der Waals surface area contributed by atoms with Crippen molar-refractivity contribution in [1.82, 2.24) is 19.9 Å². The van der Waals surface area contributed by atoms with E-state index in [2.05, 4.69) is 10.6 Å². The molecule has 0 unspecified atom stereocenters. The summed E-state index contributed by atoms with van der Waals surface area (Å²) in [5.41, 5.74) is -0.994. The first-order chi connectivity index (χ1) is 22.8. The van der Waals surface area contributed by atoms with E-state index in [1.54, 1.807) is 55.4 Å². The van der Waals surface area contributed by atoms with Gasteiger partial charge in [0.15, 0.2) is 20.5 Å². The number of anilines is 4. The monoisotopic (exact) mass is 734 g/mol. The topological polar surface area (TPSA) is 181 Å². The number of aromatic nitrogens is 4. The number of hydrogen-bond donors (Lipinski definition) is 2. The van der Waals surface area contributed by atoms with Gasteiger partial charge in [0.2, 0.25) is 0 Å². The number of rotatable bonds is 8. The number of esters is 4. The molecule has 0 amide bonds. The second-order valence-corrected chi connectivity index (χ2v) is 15.2. The fourth-order valence-electron chi connectivity index (χ4n) is 4.94. The van der Waals surface area contributed by atoms with Crippen LogP contribution in [0, 0.1) is 0 Å². The molecule has 0 fully saturated rings. The van der Waals surface area contributed by atoms with E-state index in [0.29, 0.717) is 22.8 Å². The molecule has 5 rings (SSSR count). The zero-order valence-electron chi connectivity index (χ0n) is 27.5. The van der Waals surface area contributed by atoms with E-state index >= 15 is 0 Å². The third-order valence-electron chi connectivity index (χ3n) is 7.15. The molecule has 18 heteroatoms. The number of hydrogen-bond acceptors (Lipinski definition) is 18. The molecule has 14 nitrogen and oxygen atoms in total. The number of carbonyl (C=O) groups excluding carboxylic acids is 4. The highest BCUT2D eigenvalue weighted by atomic mass is 32.1. The number of ether oxygens (including phenoxy) is 4. The number of nitrogens with zero attached hydrogens (tertiary/aromatic N) is 4. The predicted molar refractivity (Wildman–Crippen MR) is 183 cm³/mol. The third-order valence-corrected chi connectivity index (χ3v) is 11.0. The Balaban J connectivity index is 1.81. The molecule has 1 aliphatic rings. The van der Waals surface area contributed by atoms with Crippen molar-refractivity contribution >= 4 is 89.8 Å². The number of nitrogens with one attached hydrogen (secondary N) is 2. The van der Waals surface area contributed by atoms with Gasteiger partial charge in [-0.3, -0.25) is 0 Å². The normalized spacial score (nSPS) is 14.3. The molecule has 0 radical (unpaired) electrons. The highest BCUT2D eigenvalue weighted by Gasteiger charge is 2.42. The lowest BCUT2D eigenvalue weighted by molar-refractivity contribution is 0.0516. The summed E-state index contributed by atoms with van der Waals surface area (Å²) in [5, 5.41) is 7.47. The maximum Gasteiger partial charge on any atom is 0.350 e. The minimum absolute atomic E-state index is 0.134. The van der Waals surface area contributed by atoms with Gasteiger partial charge in [-0.1, -0.05) is 45.3 Å². The SMILES string of the molecule is CCOC(=O)c1sc2nc1C(C)(C)c1nc(sc1C(=O)OCC)Nc1nc(c(C(=O)OCC)s1)C(C)(C)c1nc(sc1C(=O)OCC)N2. The highest BCUT2D eigenvalue weighted by Crippen LogP contribution is 2.46. The largest absolute Gasteiger partial charge is 0.462 e. The average molecular weight is 735 g/mol. The summed E-state index contributed by atoms with van der Waals surface area (Å²) >= 11 is 4.17. The molecular formula is C30H34N6O8S4. The Morgan fingerprint density at radius 2 is 0.688 bits per heavy atom. The highest BCUT2D eigenvalue weighted by molar-refractivity contribution is 7.20. The van der Waals surface area contributed by atoms with Gasteiger partial charge in [-0.25, -0.2) is 39.1 Å². The van der Waals surface area contributed by atoms with Crippen molar-refractivity contribution in [3.05, 3.63) is 42.3 Å². The van der Waals surface area contributed by atoms with Crippen molar-refractivity contribution in [1.29, 1.82) is 0 Å². The van der Waals surface area contributed by atoms with Gasteiger partial charge in [-0.2, -0.15) is 0 Å². The van der Waals surface area contributed by atoms with E-state index in [1.807, 2.05) is 0 Å². The van der Waals surface area contributed by atoms with Crippen LogP contribution < -0.4 is 10.6 Å². The summed E-state index contributed by atoms with van der Waals surface area (Å²) in [6.45, 7) is 14.5. The molecule has 4 aromatic heterocycles. The molecule has 0 spiro atoms. The van der Waals surface area contributed by atoms with Crippen molar-refractivity contribution in [3.63, 3.8) is 0 Å². The van der Waals surface area contributed by atoms with Crippen molar-refractivity contribution in [2.45, 2.75) is 66.2 Å². The fraction of sp³-hybridized carbons (Fsp3) is 0.467. The lowest BCUT2D eigenvalue weighted by atomic mass is 9.84. The summed E-state index contributed by atoms with van der Waals surface area (Å²) in [5.74, 6) is -2.37. The van der Waals surface area contributed by atoms with Crippen LogP contribution in [0.2, 0.25) is 0 Å². The molecule has 1 aliphatic heterocycles. The lowest BCUT2D eigenvalue weighted by Crippen LogP contribution is -2.26. The van der Waals surface area contributed by atoms with Crippen molar-refractivity contribution < 1.29 is 38.1 Å². The summed E-state index contributed by atoms with van der Waals surface area (Å²) in [6, 6.07) is 0. The standard InChI is InChI=1S/C30H34N6O8S4/c1-9-41-21(37)13-17-29(5,6)18-14(22(38)42-10-2)46-27(32-18)36-28-34-20(16(48-28)24(40)44-12-4)30(7,8)19-15(23(39)43-11-3)47-26(33-19)35-25(31-17)45-13/h9-12H2,1-8H3,(H,31,33,35)(H,32,34,36). The Kier molecular flexibility index (Phi) is 10.2. The summed E-state index contributed by atoms with van der Waals surface area (Å²) in [6.07, 6.45) is 0. The van der Waals surface area contributed by atoms with Gasteiger partial charge >= 0.3 is 23.9 Å². The molecule has 256 valence electrons. The van der Waals surface area contributed by atoms with Crippen LogP contribution in [0.1, 0.15) is 117 Å². The first kappa shape index (κ1) is 35.3. The van der Waals surface area contributed by atoms with E-state index in [0.717, 1.165) is 45.3 Å². The Bertz CT molecular complexity index is 1630. The van der Waals surface area contributed by atoms with Crippen molar-refractivity contribution in [2.24, 2.45) is 0 Å². The lowest BCUT2D eigenvalue weighted by Gasteiger charge is -2.23. The van der Waals surface area contributed by atoms with Crippen molar-refractivity contribution in [2.75, 3.05) is 37.1 Å². The van der Waals surface area contributed by atoms with Crippen LogP contribution in [-0.4, -0.2) is 70.2 Å². The Morgan fingerprint density at radius 3 is 0.875 bits per heavy atom. The maximum absolute atomic E-state index is 13.3. The van der Waals surface area contributed by atoms with Gasteiger partial charge < -0.3 is 29.6 Å². The van der Waals surface area contributed by atoms with Gasteiger partial charge in [-0.15, -0.1) is 0 Å². The van der Waals surface area contributed by atoms with Gasteiger partial charge in [-0.05, 0) is 55.4 Å². The molecule has 0 saturated carbocycles. The second kappa shape index (κ2) is 13.9. The van der Waals surface area contributed by atoms with E-state index in [-0.39, 0.29) is 66.5 Å². The number of fused-ring (bicyclic) bond motifs is 8. The van der Waals surface area contributed by atoms with E-state index in [9.17, 15) is 19.2 Å². The Morgan fingerprint density at radius 1 is 0.479 bits per heavy atom. The first-order valence-corrected chi connectivity index (χ1v) is 18.3. The minimum atomic E-state index is -1.12. The Hall–Kier alpha value is -4.00. The summed E-state index contributed by atoms with van der Waals surface area (Å²) < 4.78 is 21.5. The van der Waals surface area contributed by atoms with Gasteiger partial charge in [0.1, 0.15) is 19.5 Å². The van der Waals surface area contributed by atoms with Crippen LogP contribution >= 0.6 is 45.3 Å². The molecule has 2 N–H and O–H groups in total. The van der Waals surface area contributed by atoms with Crippen molar-refractivity contribution in [3.8, 4) is 0 Å². The van der Waals surface area contributed by atoms with E-state index < -0.39 is 34.7 Å². The minimum Gasteiger partial charge on any atom is -0.462 e. The van der Waals surface area contributed by atoms with Gasteiger partial charge in [0.25, 0.3) is 0 Å². The van der Waals surface area contributed by atoms with E-state index in [1.165, 1.54) is 0 Å². The Labute approximate surface area is 292 Å². The number of thiazole rings is 4. The van der Waals surface area contributed by atoms with Crippen LogP contribution in [0.4, 0.5) is 20.5 Å². The molecule has 48 heavy (non-hydrogen) atoms. The molecule has 4 aromatic rings. The van der Waals surface area contributed by atoms with Crippen LogP contribution in [0.3, 0.4) is 0 Å². The maximum atomic E-state index is 13.3. The van der Waals surface area contributed by atoms with E-state index in [4.69, 9.17) is 38.9 Å². The zero-order valence-corrected chi connectivity index (χ0v) is 30.8. The van der Waals surface area contributed by atoms with Crippen LogP contribution in [0.5, 0.6) is 0 Å². The second-order valence-electron chi connectivity index (χ2n) is 11.2. The summed E-state index contributed by atoms with van der Waals surface area (Å²) in [4.78, 5) is 73.2. The molecule has 0 aromatic carbocycles. The van der Waals surface area contributed by atoms with Crippen LogP contribution in [0.15, 0.2) is 0 Å². The zero-order chi connectivity index (χ0) is 35.0. The predicted octanol–water partition coefficient (Wildman–Crippen LogP) is 6.67. The third kappa shape index (κ3) is 6.53. The molecule has 5 heterocycles. The van der Waals surface area contributed by atoms with Crippen LogP contribution in [-0.2, 0) is 29.8 Å². The van der Waals surface area contributed by atoms with Crippen LogP contribution in [0.25, 0.3) is 0 Å². The smallest absolute Gasteiger partial charge is 0.350 e. The molecule has 0 atom stereocenters. The van der Waals surface area contributed by atoms with Gasteiger partial charge in [0, 0.05) is 0 Å². The molecule has 0 aliphatic carbocycles. The molecule has 8 bridgehead atoms.